The van der Waals surface area contributed by atoms with Crippen molar-refractivity contribution in [3.8, 4) is 0 Å². The van der Waals surface area contributed by atoms with Crippen LogP contribution in [0.4, 0.5) is 15.6 Å². The molecule has 1 heterocycles. The summed E-state index contributed by atoms with van der Waals surface area (Å²) in [6.45, 7) is 1.93. The molecule has 1 atom stereocenters. The Kier molecular flexibility index (Phi) is 6.62. The maximum atomic E-state index is 12.2. The summed E-state index contributed by atoms with van der Waals surface area (Å²) < 4.78 is 0. The first kappa shape index (κ1) is 19.9. The molecule has 8 heteroatoms. The quantitative estimate of drug-likeness (QED) is 0.538. The zero-order valence-corrected chi connectivity index (χ0v) is 16.7. The predicted molar refractivity (Wildman–Crippen MR) is 113 cm³/mol. The lowest BCUT2D eigenvalue weighted by Gasteiger charge is -2.13. The fraction of sp³-hybridized carbons (Fsp3) is 0.150. The molecule has 1 aromatic heterocycles. The van der Waals surface area contributed by atoms with E-state index in [2.05, 4.69) is 20.9 Å². The Morgan fingerprint density at radius 1 is 1.07 bits per heavy atom. The first-order chi connectivity index (χ1) is 13.5. The van der Waals surface area contributed by atoms with Crippen LogP contribution < -0.4 is 16.0 Å². The van der Waals surface area contributed by atoms with Crippen molar-refractivity contribution in [3.63, 3.8) is 0 Å². The van der Waals surface area contributed by atoms with Gasteiger partial charge in [0.15, 0.2) is 5.13 Å². The number of anilines is 2. The van der Waals surface area contributed by atoms with Gasteiger partial charge in [0.1, 0.15) is 0 Å². The summed E-state index contributed by atoms with van der Waals surface area (Å²) in [4.78, 5) is 28.6. The third-order valence-electron chi connectivity index (χ3n) is 3.89. The number of carbonyl (C=O) groups is 2. The Bertz CT molecular complexity index is 944. The second-order valence-corrected chi connectivity index (χ2v) is 7.40. The first-order valence-corrected chi connectivity index (χ1v) is 9.87. The molecule has 0 bridgehead atoms. The molecule has 0 saturated carbocycles. The summed E-state index contributed by atoms with van der Waals surface area (Å²) in [7, 11) is 0. The molecule has 3 aromatic rings. The van der Waals surface area contributed by atoms with E-state index in [0.29, 0.717) is 21.5 Å². The lowest BCUT2D eigenvalue weighted by molar-refractivity contribution is -0.121. The van der Waals surface area contributed by atoms with Crippen molar-refractivity contribution in [2.75, 3.05) is 10.6 Å². The predicted octanol–water partition coefficient (Wildman–Crippen LogP) is 4.86. The monoisotopic (exact) mass is 414 g/mol. The van der Waals surface area contributed by atoms with E-state index in [1.54, 1.807) is 29.6 Å². The van der Waals surface area contributed by atoms with Crippen molar-refractivity contribution in [1.29, 1.82) is 0 Å². The summed E-state index contributed by atoms with van der Waals surface area (Å²) in [6, 6.07) is 16.0. The number of urea groups is 1. The number of rotatable bonds is 6. The van der Waals surface area contributed by atoms with Crippen LogP contribution in [0.5, 0.6) is 0 Å². The largest absolute Gasteiger partial charge is 0.349 e. The van der Waals surface area contributed by atoms with E-state index in [0.717, 1.165) is 5.56 Å². The third kappa shape index (κ3) is 5.80. The van der Waals surface area contributed by atoms with Crippen molar-refractivity contribution in [3.05, 3.63) is 76.3 Å². The second kappa shape index (κ2) is 9.34. The Balaban J connectivity index is 1.50. The minimum absolute atomic E-state index is 0.0879. The number of nitrogens with one attached hydrogen (secondary N) is 3. The SMILES string of the molecule is CC(NC(=O)Cc1csc(NC(=O)Nc2ccc(Cl)cc2)n1)c1ccccc1. The first-order valence-electron chi connectivity index (χ1n) is 8.62. The van der Waals surface area contributed by atoms with E-state index < -0.39 is 6.03 Å². The van der Waals surface area contributed by atoms with Gasteiger partial charge in [-0.15, -0.1) is 11.3 Å². The zero-order chi connectivity index (χ0) is 19.9. The second-order valence-electron chi connectivity index (χ2n) is 6.11. The van der Waals surface area contributed by atoms with Gasteiger partial charge in [0.2, 0.25) is 5.91 Å². The van der Waals surface area contributed by atoms with E-state index in [-0.39, 0.29) is 18.4 Å². The number of nitrogens with zero attached hydrogens (tertiary/aromatic N) is 1. The van der Waals surface area contributed by atoms with Gasteiger partial charge in [-0.05, 0) is 36.8 Å². The van der Waals surface area contributed by atoms with Gasteiger partial charge < -0.3 is 10.6 Å². The van der Waals surface area contributed by atoms with Gasteiger partial charge in [0.05, 0.1) is 18.2 Å². The van der Waals surface area contributed by atoms with Crippen LogP contribution in [0.3, 0.4) is 0 Å². The molecule has 3 N–H and O–H groups in total. The number of aromatic nitrogens is 1. The zero-order valence-electron chi connectivity index (χ0n) is 15.1. The Morgan fingerprint density at radius 3 is 2.50 bits per heavy atom. The molecule has 0 spiro atoms. The smallest absolute Gasteiger partial charge is 0.325 e. The summed E-state index contributed by atoms with van der Waals surface area (Å²) in [5.74, 6) is -0.126. The van der Waals surface area contributed by atoms with E-state index in [1.165, 1.54) is 11.3 Å². The molecule has 6 nitrogen and oxygen atoms in total. The molecule has 144 valence electrons. The van der Waals surface area contributed by atoms with E-state index in [9.17, 15) is 9.59 Å². The number of thiazole rings is 1. The minimum atomic E-state index is -0.412. The molecule has 0 fully saturated rings. The highest BCUT2D eigenvalue weighted by molar-refractivity contribution is 7.14. The van der Waals surface area contributed by atoms with Crippen LogP contribution >= 0.6 is 22.9 Å². The van der Waals surface area contributed by atoms with Crippen molar-refractivity contribution in [2.24, 2.45) is 0 Å². The number of carbonyl (C=O) groups excluding carboxylic acids is 2. The van der Waals surface area contributed by atoms with Gasteiger partial charge >= 0.3 is 6.03 Å². The molecule has 2 aromatic carbocycles. The van der Waals surface area contributed by atoms with Crippen molar-refractivity contribution in [2.45, 2.75) is 19.4 Å². The number of hydrogen-bond acceptors (Lipinski definition) is 4. The minimum Gasteiger partial charge on any atom is -0.349 e. The topological polar surface area (TPSA) is 83.1 Å². The number of halogens is 1. The molecule has 0 aliphatic heterocycles. The van der Waals surface area contributed by atoms with Gasteiger partial charge in [-0.1, -0.05) is 41.9 Å². The average Bonchev–Trinajstić information content (AvgIpc) is 3.10. The van der Waals surface area contributed by atoms with Gasteiger partial charge in [-0.25, -0.2) is 9.78 Å². The van der Waals surface area contributed by atoms with Crippen molar-refractivity contribution >= 4 is 45.7 Å². The van der Waals surface area contributed by atoms with E-state index in [4.69, 9.17) is 11.6 Å². The maximum absolute atomic E-state index is 12.2. The third-order valence-corrected chi connectivity index (χ3v) is 4.95. The van der Waals surface area contributed by atoms with Crippen LogP contribution in [0, 0.1) is 0 Å². The van der Waals surface area contributed by atoms with Crippen LogP contribution in [-0.2, 0) is 11.2 Å². The molecule has 3 rings (SSSR count). The molecule has 0 aliphatic rings. The Labute approximate surface area is 172 Å². The summed E-state index contributed by atoms with van der Waals surface area (Å²) >= 11 is 7.08. The molecule has 0 aliphatic carbocycles. The Morgan fingerprint density at radius 2 is 1.79 bits per heavy atom. The summed E-state index contributed by atoms with van der Waals surface area (Å²) in [5.41, 5.74) is 2.26. The number of hydrogen-bond donors (Lipinski definition) is 3. The fourth-order valence-corrected chi connectivity index (χ4v) is 3.35. The highest BCUT2D eigenvalue weighted by Gasteiger charge is 2.13. The van der Waals surface area contributed by atoms with Gasteiger partial charge in [0, 0.05) is 16.1 Å². The molecule has 1 unspecified atom stereocenters. The standard InChI is InChI=1S/C20H19ClN4O2S/c1-13(14-5-3-2-4-6-14)22-18(26)11-17-12-28-20(24-17)25-19(27)23-16-9-7-15(21)8-10-16/h2-10,12-13H,11H2,1H3,(H,22,26)(H2,23,24,25,27). The number of benzene rings is 2. The lowest BCUT2D eigenvalue weighted by Crippen LogP contribution is -2.28. The van der Waals surface area contributed by atoms with E-state index >= 15 is 0 Å². The maximum Gasteiger partial charge on any atom is 0.325 e. The van der Waals surface area contributed by atoms with Gasteiger partial charge in [0.25, 0.3) is 0 Å². The molecule has 3 amide bonds. The van der Waals surface area contributed by atoms with E-state index in [1.807, 2.05) is 37.3 Å². The van der Waals surface area contributed by atoms with Gasteiger partial charge in [-0.2, -0.15) is 0 Å². The van der Waals surface area contributed by atoms with Crippen molar-refractivity contribution < 1.29 is 9.59 Å². The molecule has 28 heavy (non-hydrogen) atoms. The van der Waals surface area contributed by atoms with Crippen LogP contribution in [-0.4, -0.2) is 16.9 Å². The molecular weight excluding hydrogens is 396 g/mol. The normalized spacial score (nSPS) is 11.5. The average molecular weight is 415 g/mol. The van der Waals surface area contributed by atoms with Crippen LogP contribution in [0.2, 0.25) is 5.02 Å². The van der Waals surface area contributed by atoms with Crippen molar-refractivity contribution in [1.82, 2.24) is 10.3 Å². The Hall–Kier alpha value is -2.90. The number of amides is 3. The van der Waals surface area contributed by atoms with Crippen LogP contribution in [0.1, 0.15) is 24.2 Å². The molecule has 0 radical (unpaired) electrons. The highest BCUT2D eigenvalue weighted by Crippen LogP contribution is 2.18. The summed E-state index contributed by atoms with van der Waals surface area (Å²) in [5, 5.41) is 11.1. The molecule has 0 saturated heterocycles. The van der Waals surface area contributed by atoms with Crippen LogP contribution in [0.25, 0.3) is 0 Å². The summed E-state index contributed by atoms with van der Waals surface area (Å²) in [6.07, 6.45) is 0.147. The van der Waals surface area contributed by atoms with Gasteiger partial charge in [-0.3, -0.25) is 10.1 Å². The highest BCUT2D eigenvalue weighted by atomic mass is 35.5. The fourth-order valence-electron chi connectivity index (χ4n) is 2.52. The van der Waals surface area contributed by atoms with Crippen LogP contribution in [0.15, 0.2) is 60.0 Å². The molecular formula is C20H19ClN4O2S. The lowest BCUT2D eigenvalue weighted by atomic mass is 10.1.